The number of carbonyl (C=O) groups excluding carboxylic acids is 1. The van der Waals surface area contributed by atoms with Gasteiger partial charge in [-0.05, 0) is 37.3 Å². The minimum absolute atomic E-state index is 0.142. The van der Waals surface area contributed by atoms with Crippen LogP contribution in [-0.4, -0.2) is 18.3 Å². The van der Waals surface area contributed by atoms with Crippen LogP contribution in [0.3, 0.4) is 0 Å². The van der Waals surface area contributed by atoms with Crippen LogP contribution >= 0.6 is 0 Å². The molecule has 0 aromatic heterocycles. The Morgan fingerprint density at radius 2 is 1.86 bits per heavy atom. The molecule has 116 valence electrons. The highest BCUT2D eigenvalue weighted by Gasteiger charge is 2.18. The van der Waals surface area contributed by atoms with Crippen LogP contribution in [-0.2, 0) is 0 Å². The number of para-hydroxylation sites is 1. The normalized spacial score (nSPS) is 16.8. The van der Waals surface area contributed by atoms with Crippen LogP contribution in [0.15, 0.2) is 24.3 Å². The Hall–Kier alpha value is -1.71. The van der Waals surface area contributed by atoms with Gasteiger partial charge in [0.05, 0.1) is 0 Å². The van der Waals surface area contributed by atoms with E-state index in [0.29, 0.717) is 12.0 Å². The Kier molecular flexibility index (Phi) is 5.48. The van der Waals surface area contributed by atoms with Crippen LogP contribution in [0.2, 0.25) is 0 Å². The fourth-order valence-corrected chi connectivity index (χ4v) is 2.77. The Morgan fingerprint density at radius 3 is 2.52 bits per heavy atom. The molecule has 0 spiro atoms. The number of rotatable bonds is 5. The Labute approximate surface area is 127 Å². The Morgan fingerprint density at radius 1 is 1.19 bits per heavy atom. The maximum absolute atomic E-state index is 11.9. The SMILES string of the molecule is CC(NC(=O)NC1CCCC1)Oc1ccccc1C(C)C. The summed E-state index contributed by atoms with van der Waals surface area (Å²) in [7, 11) is 0. The van der Waals surface area contributed by atoms with E-state index in [1.54, 1.807) is 0 Å². The van der Waals surface area contributed by atoms with Crippen molar-refractivity contribution in [3.05, 3.63) is 29.8 Å². The molecule has 0 heterocycles. The maximum Gasteiger partial charge on any atom is 0.317 e. The number of hydrogen-bond donors (Lipinski definition) is 2. The van der Waals surface area contributed by atoms with Gasteiger partial charge in [0.25, 0.3) is 0 Å². The molecule has 1 saturated carbocycles. The van der Waals surface area contributed by atoms with Gasteiger partial charge in [0.1, 0.15) is 5.75 Å². The van der Waals surface area contributed by atoms with Crippen molar-refractivity contribution in [2.75, 3.05) is 0 Å². The molecule has 1 aliphatic rings. The molecule has 1 aromatic carbocycles. The quantitative estimate of drug-likeness (QED) is 0.811. The van der Waals surface area contributed by atoms with Crippen molar-refractivity contribution in [2.24, 2.45) is 0 Å². The summed E-state index contributed by atoms with van der Waals surface area (Å²) >= 11 is 0. The lowest BCUT2D eigenvalue weighted by molar-refractivity contribution is 0.174. The topological polar surface area (TPSA) is 50.4 Å². The van der Waals surface area contributed by atoms with Gasteiger partial charge in [-0.2, -0.15) is 0 Å². The summed E-state index contributed by atoms with van der Waals surface area (Å²) in [5.41, 5.74) is 1.15. The fraction of sp³-hybridized carbons (Fsp3) is 0.588. The highest BCUT2D eigenvalue weighted by molar-refractivity contribution is 5.74. The molecule has 0 aliphatic heterocycles. The minimum Gasteiger partial charge on any atom is -0.471 e. The van der Waals surface area contributed by atoms with Gasteiger partial charge in [-0.3, -0.25) is 0 Å². The van der Waals surface area contributed by atoms with Gasteiger partial charge in [-0.15, -0.1) is 0 Å². The molecule has 1 aliphatic carbocycles. The van der Waals surface area contributed by atoms with E-state index >= 15 is 0 Å². The molecule has 1 unspecified atom stereocenters. The van der Waals surface area contributed by atoms with Gasteiger partial charge >= 0.3 is 6.03 Å². The zero-order chi connectivity index (χ0) is 15.2. The Balaban J connectivity index is 1.86. The van der Waals surface area contributed by atoms with E-state index in [0.717, 1.165) is 24.2 Å². The molecule has 0 radical (unpaired) electrons. The van der Waals surface area contributed by atoms with Gasteiger partial charge in [-0.1, -0.05) is 44.9 Å². The average molecular weight is 290 g/mol. The first kappa shape index (κ1) is 15.7. The van der Waals surface area contributed by atoms with E-state index in [-0.39, 0.29) is 12.3 Å². The van der Waals surface area contributed by atoms with Crippen molar-refractivity contribution in [1.82, 2.24) is 10.6 Å². The van der Waals surface area contributed by atoms with Crippen LogP contribution in [0.1, 0.15) is 57.9 Å². The van der Waals surface area contributed by atoms with E-state index in [1.165, 1.54) is 12.8 Å². The average Bonchev–Trinajstić information content (AvgIpc) is 2.91. The van der Waals surface area contributed by atoms with Crippen molar-refractivity contribution in [1.29, 1.82) is 0 Å². The highest BCUT2D eigenvalue weighted by Crippen LogP contribution is 2.26. The third-order valence-corrected chi connectivity index (χ3v) is 3.87. The van der Waals surface area contributed by atoms with E-state index in [4.69, 9.17) is 4.74 Å². The number of hydrogen-bond acceptors (Lipinski definition) is 2. The molecule has 1 fully saturated rings. The molecule has 1 aromatic rings. The third kappa shape index (κ3) is 4.66. The lowest BCUT2D eigenvalue weighted by Gasteiger charge is -2.21. The van der Waals surface area contributed by atoms with Crippen molar-refractivity contribution in [3.63, 3.8) is 0 Å². The molecule has 2 rings (SSSR count). The second kappa shape index (κ2) is 7.34. The van der Waals surface area contributed by atoms with Crippen LogP contribution < -0.4 is 15.4 Å². The minimum atomic E-state index is -0.355. The number of benzene rings is 1. The monoisotopic (exact) mass is 290 g/mol. The van der Waals surface area contributed by atoms with Crippen molar-refractivity contribution < 1.29 is 9.53 Å². The number of carbonyl (C=O) groups is 1. The number of amides is 2. The second-order valence-electron chi connectivity index (χ2n) is 6.05. The number of urea groups is 1. The van der Waals surface area contributed by atoms with Gasteiger partial charge < -0.3 is 15.4 Å². The molecule has 2 N–H and O–H groups in total. The van der Waals surface area contributed by atoms with E-state index in [1.807, 2.05) is 25.1 Å². The van der Waals surface area contributed by atoms with Gasteiger partial charge in [0.2, 0.25) is 0 Å². The molecular formula is C17H26N2O2. The smallest absolute Gasteiger partial charge is 0.317 e. The summed E-state index contributed by atoms with van der Waals surface area (Å²) in [6.45, 7) is 6.12. The largest absolute Gasteiger partial charge is 0.471 e. The molecular weight excluding hydrogens is 264 g/mol. The van der Waals surface area contributed by atoms with Crippen LogP contribution in [0.4, 0.5) is 4.79 Å². The summed E-state index contributed by atoms with van der Waals surface area (Å²) in [6, 6.07) is 8.14. The van der Waals surface area contributed by atoms with Crippen LogP contribution in [0.25, 0.3) is 0 Å². The summed E-state index contributed by atoms with van der Waals surface area (Å²) in [4.78, 5) is 11.9. The van der Waals surface area contributed by atoms with Crippen molar-refractivity contribution in [2.45, 2.75) is 64.6 Å². The zero-order valence-corrected chi connectivity index (χ0v) is 13.2. The fourth-order valence-electron chi connectivity index (χ4n) is 2.77. The molecule has 2 amide bonds. The highest BCUT2D eigenvalue weighted by atomic mass is 16.5. The summed E-state index contributed by atoms with van der Waals surface area (Å²) in [6.07, 6.45) is 4.22. The van der Waals surface area contributed by atoms with Gasteiger partial charge in [0.15, 0.2) is 6.23 Å². The van der Waals surface area contributed by atoms with Crippen LogP contribution in [0.5, 0.6) is 5.75 Å². The molecule has 1 atom stereocenters. The molecule has 4 nitrogen and oxygen atoms in total. The van der Waals surface area contributed by atoms with Gasteiger partial charge in [-0.25, -0.2) is 4.79 Å². The van der Waals surface area contributed by atoms with Crippen molar-refractivity contribution in [3.8, 4) is 5.75 Å². The predicted octanol–water partition coefficient (Wildman–Crippen LogP) is 3.78. The second-order valence-corrected chi connectivity index (χ2v) is 6.05. The molecule has 0 bridgehead atoms. The number of ether oxygens (including phenoxy) is 1. The first-order valence-electron chi connectivity index (χ1n) is 7.89. The predicted molar refractivity (Wildman–Crippen MR) is 84.5 cm³/mol. The first-order chi connectivity index (χ1) is 10.1. The number of nitrogens with one attached hydrogen (secondary N) is 2. The third-order valence-electron chi connectivity index (χ3n) is 3.87. The summed E-state index contributed by atoms with van der Waals surface area (Å²) < 4.78 is 5.87. The first-order valence-corrected chi connectivity index (χ1v) is 7.89. The zero-order valence-electron chi connectivity index (χ0n) is 13.2. The van der Waals surface area contributed by atoms with Crippen LogP contribution in [0, 0.1) is 0 Å². The van der Waals surface area contributed by atoms with E-state index < -0.39 is 0 Å². The lowest BCUT2D eigenvalue weighted by Crippen LogP contribution is -2.46. The standard InChI is InChI=1S/C17H26N2O2/c1-12(2)15-10-6-7-11-16(15)21-13(3)18-17(20)19-14-8-4-5-9-14/h6-7,10-14H,4-5,8-9H2,1-3H3,(H2,18,19,20). The summed E-state index contributed by atoms with van der Waals surface area (Å²) in [5, 5.41) is 5.85. The van der Waals surface area contributed by atoms with E-state index in [2.05, 4.69) is 30.5 Å². The summed E-state index contributed by atoms with van der Waals surface area (Å²) in [5.74, 6) is 1.22. The lowest BCUT2D eigenvalue weighted by atomic mass is 10.0. The molecule has 4 heteroatoms. The van der Waals surface area contributed by atoms with E-state index in [9.17, 15) is 4.79 Å². The maximum atomic E-state index is 11.9. The van der Waals surface area contributed by atoms with Crippen molar-refractivity contribution >= 4 is 6.03 Å². The molecule has 0 saturated heterocycles. The molecule has 21 heavy (non-hydrogen) atoms. The van der Waals surface area contributed by atoms with Gasteiger partial charge in [0, 0.05) is 6.04 Å². The Bertz CT molecular complexity index is 468.